The molecule has 2 aliphatic rings. The first kappa shape index (κ1) is 34.5. The second kappa shape index (κ2) is 14.2. The number of ether oxygens (including phenoxy) is 4. The van der Waals surface area contributed by atoms with Crippen molar-refractivity contribution in [2.24, 2.45) is 4.74 Å². The third kappa shape index (κ3) is 6.87. The predicted molar refractivity (Wildman–Crippen MR) is 181 cm³/mol. The number of aliphatic hydroxyl groups is 2. The maximum Gasteiger partial charge on any atom is 0.395 e. The van der Waals surface area contributed by atoms with Crippen LogP contribution < -0.4 is 24.6 Å². The van der Waals surface area contributed by atoms with E-state index in [4.69, 9.17) is 29.2 Å². The molecule has 1 aliphatic carbocycles. The number of nitrogens with two attached hydrogens (primary N) is 1. The van der Waals surface area contributed by atoms with Crippen LogP contribution in [-0.4, -0.2) is 79.4 Å². The largest absolute Gasteiger partial charge is 0.575 e. The summed E-state index contributed by atoms with van der Waals surface area (Å²) < 4.78 is 35.0. The van der Waals surface area contributed by atoms with Gasteiger partial charge in [-0.2, -0.15) is 9.97 Å². The summed E-state index contributed by atoms with van der Waals surface area (Å²) in [5, 5.41) is 24.1. The molecule has 15 nitrogen and oxygen atoms in total. The minimum absolute atomic E-state index is 0.0700. The maximum absolute atomic E-state index is 13.2. The highest BCUT2D eigenvalue weighted by Crippen LogP contribution is 2.44. The number of halogens is 1. The quantitative estimate of drug-likeness (QED) is 0.0906. The van der Waals surface area contributed by atoms with E-state index in [1.807, 2.05) is 34.7 Å². The van der Waals surface area contributed by atoms with Crippen molar-refractivity contribution in [1.82, 2.24) is 19.5 Å². The number of aromatic nitrogens is 4. The molecule has 1 aliphatic heterocycles. The van der Waals surface area contributed by atoms with E-state index in [2.05, 4.69) is 19.7 Å². The molecule has 3 heterocycles. The Morgan fingerprint density at radius 2 is 1.98 bits per heavy atom. The molecule has 1 saturated carbocycles. The summed E-state index contributed by atoms with van der Waals surface area (Å²) in [7, 11) is -1.29. The van der Waals surface area contributed by atoms with Crippen LogP contribution in [0.1, 0.15) is 52.2 Å². The number of methoxy groups -OCH3 is 1. The summed E-state index contributed by atoms with van der Waals surface area (Å²) in [5.74, 6) is -0.145. The van der Waals surface area contributed by atoms with Crippen LogP contribution in [0.2, 0.25) is 0 Å². The third-order valence-corrected chi connectivity index (χ3v) is 10.2. The topological polar surface area (TPSA) is 209 Å². The van der Waals surface area contributed by atoms with Gasteiger partial charge in [0.1, 0.15) is 30.5 Å². The van der Waals surface area contributed by atoms with Gasteiger partial charge in [0.15, 0.2) is 33.0 Å². The molecule has 17 heteroatoms. The van der Waals surface area contributed by atoms with Gasteiger partial charge in [-0.05, 0) is 51.0 Å². The van der Waals surface area contributed by atoms with Crippen molar-refractivity contribution < 1.29 is 43.4 Å². The Morgan fingerprint density at radius 3 is 2.73 bits per heavy atom. The maximum atomic E-state index is 13.2. The van der Waals surface area contributed by atoms with Crippen molar-refractivity contribution in [2.45, 2.75) is 82.1 Å². The number of esters is 1. The number of carbonyl (C=O) groups excluding carboxylic acids is 1. The molecule has 6 atom stereocenters. The molecule has 4 aromatic rings. The lowest BCUT2D eigenvalue weighted by Crippen LogP contribution is -2.45. The molecule has 6 rings (SSSR count). The zero-order valence-electron chi connectivity index (χ0n) is 26.5. The number of hydrogen-bond donors (Lipinski definition) is 3. The van der Waals surface area contributed by atoms with Gasteiger partial charge in [0.25, 0.3) is 0 Å². The Hall–Kier alpha value is -3.41. The van der Waals surface area contributed by atoms with Crippen molar-refractivity contribution in [3.63, 3.8) is 0 Å². The molecule has 48 heavy (non-hydrogen) atoms. The summed E-state index contributed by atoms with van der Waals surface area (Å²) >= 11 is 1.96. The fourth-order valence-electron chi connectivity index (χ4n) is 5.98. The number of carbonyl (C=O) groups is 1. The van der Waals surface area contributed by atoms with Gasteiger partial charge in [0, 0.05) is 28.0 Å². The zero-order valence-corrected chi connectivity index (χ0v) is 29.5. The first-order valence-corrected chi connectivity index (χ1v) is 17.7. The van der Waals surface area contributed by atoms with Crippen LogP contribution in [0.5, 0.6) is 17.4 Å². The highest BCUT2D eigenvalue weighted by Gasteiger charge is 2.54. The van der Waals surface area contributed by atoms with Crippen LogP contribution in [0.3, 0.4) is 0 Å². The number of hydrogen-bond acceptors (Lipinski definition) is 14. The number of rotatable bonds is 10. The third-order valence-electron chi connectivity index (χ3n) is 8.52. The molecular formula is C31H36IN6O9P. The Balaban J connectivity index is 1.22. The van der Waals surface area contributed by atoms with E-state index in [-0.39, 0.29) is 41.7 Å². The number of aliphatic hydroxyl groups excluding tert-OH is 1. The first-order chi connectivity index (χ1) is 23.0. The van der Waals surface area contributed by atoms with Crippen molar-refractivity contribution in [1.29, 1.82) is 0 Å². The van der Waals surface area contributed by atoms with Crippen molar-refractivity contribution in [3.05, 3.63) is 40.2 Å². The molecular weight excluding hydrogens is 758 g/mol. The van der Waals surface area contributed by atoms with E-state index in [1.165, 1.54) is 25.5 Å². The van der Waals surface area contributed by atoms with E-state index in [0.29, 0.717) is 14.7 Å². The van der Waals surface area contributed by atoms with Gasteiger partial charge in [-0.3, -0.25) is 9.09 Å². The van der Waals surface area contributed by atoms with E-state index < -0.39 is 44.2 Å². The number of fused-ring (bicyclic) bond motifs is 2. The molecule has 0 bridgehead atoms. The smallest absolute Gasteiger partial charge is 0.395 e. The lowest BCUT2D eigenvalue weighted by molar-refractivity contribution is -0.170. The van der Waals surface area contributed by atoms with E-state index in [1.54, 1.807) is 24.3 Å². The second-order valence-corrected chi connectivity index (χ2v) is 13.8. The van der Waals surface area contributed by atoms with Crippen molar-refractivity contribution in [2.75, 3.05) is 19.5 Å². The normalized spacial score (nSPS) is 24.1. The SMILES string of the molecule is COc1nc(N)nc2c1nc(I)n2[C@@H]1O[C@H](COc2ccc3ccccc3c2O[P+]([O-])=N[C@@H](C)C(=O)OC2CCCCC2)[C@@H](O)[C@@]1(C)O. The fraction of sp³-hybridized carbons (Fsp3) is 0.484. The highest BCUT2D eigenvalue weighted by atomic mass is 127. The molecule has 2 fully saturated rings. The van der Waals surface area contributed by atoms with Crippen LogP contribution >= 0.6 is 30.8 Å². The minimum atomic E-state index is -2.72. The van der Waals surface area contributed by atoms with Crippen LogP contribution in [-0.2, 0) is 14.3 Å². The molecule has 4 N–H and O–H groups in total. The second-order valence-electron chi connectivity index (χ2n) is 12.0. The highest BCUT2D eigenvalue weighted by molar-refractivity contribution is 14.1. The molecule has 2 aromatic carbocycles. The van der Waals surface area contributed by atoms with Crippen LogP contribution in [0.15, 0.2) is 41.1 Å². The van der Waals surface area contributed by atoms with Gasteiger partial charge in [-0.25, -0.2) is 9.78 Å². The summed E-state index contributed by atoms with van der Waals surface area (Å²) in [6.07, 6.45) is 1.00. The Labute approximate surface area is 290 Å². The summed E-state index contributed by atoms with van der Waals surface area (Å²) in [5.41, 5.74) is 4.63. The monoisotopic (exact) mass is 794 g/mol. The molecule has 0 radical (unpaired) electrons. The van der Waals surface area contributed by atoms with Gasteiger partial charge in [-0.1, -0.05) is 41.5 Å². The van der Waals surface area contributed by atoms with Gasteiger partial charge in [0.05, 0.1) is 7.11 Å². The van der Waals surface area contributed by atoms with Crippen molar-refractivity contribution >= 4 is 64.6 Å². The molecule has 0 amide bonds. The summed E-state index contributed by atoms with van der Waals surface area (Å²) in [6.45, 7) is 2.72. The van der Waals surface area contributed by atoms with Gasteiger partial charge >= 0.3 is 14.1 Å². The number of anilines is 1. The molecule has 2 aromatic heterocycles. The number of nitrogens with zero attached hydrogens (tertiary/aromatic N) is 5. The van der Waals surface area contributed by atoms with Gasteiger partial charge in [-0.15, -0.1) is 0 Å². The molecule has 1 unspecified atom stereocenters. The average Bonchev–Trinajstić information content (AvgIpc) is 3.50. The number of imidazole rings is 1. The van der Waals surface area contributed by atoms with Crippen LogP contribution in [0, 0.1) is 3.83 Å². The Bertz CT molecular complexity index is 1850. The summed E-state index contributed by atoms with van der Waals surface area (Å²) in [4.78, 5) is 38.6. The lowest BCUT2D eigenvalue weighted by atomic mass is 9.96. The lowest BCUT2D eigenvalue weighted by Gasteiger charge is -2.27. The minimum Gasteiger partial charge on any atom is -0.575 e. The predicted octanol–water partition coefficient (Wildman–Crippen LogP) is 3.76. The van der Waals surface area contributed by atoms with E-state index >= 15 is 0 Å². The van der Waals surface area contributed by atoms with E-state index in [0.717, 1.165) is 37.5 Å². The number of nitrogen functional groups attached to an aromatic ring is 1. The van der Waals surface area contributed by atoms with Gasteiger partial charge in [0.2, 0.25) is 17.6 Å². The van der Waals surface area contributed by atoms with E-state index in [9.17, 15) is 19.9 Å². The standard InChI is InChI=1S/C31H36IN6O9P/c1-16(27(40)45-18-10-5-4-6-11-18)37-48(42)47-23-19-12-8-7-9-17(19)13-14-20(23)44-15-21-24(39)31(2,41)28(46-21)38-25-22(34-29(38)32)26(43-3)36-30(33)35-25/h7-9,12-14,16,18,21,24,28,39,41H,4-6,10-11,15H2,1-3H3,(H2,33,35,36)/t16-,21+,24+,28+,31+/m0/s1. The zero-order chi connectivity index (χ0) is 34.2. The summed E-state index contributed by atoms with van der Waals surface area (Å²) in [6, 6.07) is 9.71. The number of benzene rings is 2. The Morgan fingerprint density at radius 1 is 1.23 bits per heavy atom. The average molecular weight is 795 g/mol. The Kier molecular flexibility index (Phi) is 10.2. The molecule has 1 saturated heterocycles. The van der Waals surface area contributed by atoms with Crippen LogP contribution in [0.4, 0.5) is 5.95 Å². The van der Waals surface area contributed by atoms with Crippen LogP contribution in [0.25, 0.3) is 21.9 Å². The fourth-order valence-corrected chi connectivity index (χ4v) is 7.47. The first-order valence-electron chi connectivity index (χ1n) is 15.5. The van der Waals surface area contributed by atoms with Gasteiger partial charge < -0.3 is 39.8 Å². The van der Waals surface area contributed by atoms with Crippen molar-refractivity contribution in [3.8, 4) is 17.4 Å². The molecule has 0 spiro atoms. The molecule has 256 valence electrons.